The van der Waals surface area contributed by atoms with Crippen LogP contribution in [0.5, 0.6) is 0 Å². The van der Waals surface area contributed by atoms with E-state index in [0.717, 1.165) is 31.5 Å². The van der Waals surface area contributed by atoms with Crippen molar-refractivity contribution in [2.45, 2.75) is 23.8 Å². The second-order valence-corrected chi connectivity index (χ2v) is 9.62. The quantitative estimate of drug-likeness (QED) is 0.685. The molecule has 1 N–H and O–H groups in total. The molecule has 1 saturated heterocycles. The third kappa shape index (κ3) is 5.62. The fourth-order valence-electron chi connectivity index (χ4n) is 3.36. The number of nitrogens with zero attached hydrogens (tertiary/aromatic N) is 2. The van der Waals surface area contributed by atoms with E-state index in [-0.39, 0.29) is 10.8 Å². The molecule has 30 heavy (non-hydrogen) atoms. The Hall–Kier alpha value is -2.35. The highest BCUT2D eigenvalue weighted by atomic mass is 35.5. The molecular formula is C22H26ClN3O3S. The molecule has 1 amide bonds. The normalized spacial score (nSPS) is 17.5. The van der Waals surface area contributed by atoms with E-state index in [0.29, 0.717) is 16.8 Å². The molecule has 2 aromatic carbocycles. The minimum Gasteiger partial charge on any atom is -0.338 e. The largest absolute Gasteiger partial charge is 0.338 e. The number of likely N-dealkylation sites (tertiary alicyclic amines) is 1. The maximum atomic E-state index is 12.6. The number of hydrogen-bond acceptors (Lipinski definition) is 4. The van der Waals surface area contributed by atoms with Gasteiger partial charge in [0.05, 0.1) is 15.6 Å². The molecule has 1 aliphatic heterocycles. The zero-order valence-corrected chi connectivity index (χ0v) is 18.7. The first-order valence-electron chi connectivity index (χ1n) is 9.77. The number of rotatable bonds is 6. The van der Waals surface area contributed by atoms with Crippen molar-refractivity contribution in [2.24, 2.45) is 0 Å². The molecule has 160 valence electrons. The number of piperidine rings is 1. The predicted octanol–water partition coefficient (Wildman–Crippen LogP) is 3.71. The number of carbonyl (C=O) groups is 1. The highest BCUT2D eigenvalue weighted by molar-refractivity contribution is 7.92. The van der Waals surface area contributed by atoms with E-state index in [2.05, 4.69) is 9.62 Å². The minimum absolute atomic E-state index is 0.0290. The highest BCUT2D eigenvalue weighted by Gasteiger charge is 2.23. The molecular weight excluding hydrogens is 422 g/mol. The lowest BCUT2D eigenvalue weighted by Gasteiger charge is -2.35. The highest BCUT2D eigenvalue weighted by Crippen LogP contribution is 2.24. The number of amides is 1. The summed E-state index contributed by atoms with van der Waals surface area (Å²) in [6, 6.07) is 13.4. The summed E-state index contributed by atoms with van der Waals surface area (Å²) in [6.07, 6.45) is 5.34. The van der Waals surface area contributed by atoms with Crippen molar-refractivity contribution in [3.8, 4) is 0 Å². The molecule has 3 rings (SSSR count). The number of benzene rings is 2. The van der Waals surface area contributed by atoms with Crippen LogP contribution in [0.1, 0.15) is 18.4 Å². The number of hydrogen-bond donors (Lipinski definition) is 1. The topological polar surface area (TPSA) is 69.7 Å². The van der Waals surface area contributed by atoms with E-state index in [4.69, 9.17) is 11.6 Å². The van der Waals surface area contributed by atoms with Crippen LogP contribution in [0.25, 0.3) is 6.08 Å². The summed E-state index contributed by atoms with van der Waals surface area (Å²) < 4.78 is 27.6. The van der Waals surface area contributed by atoms with Crippen molar-refractivity contribution in [1.82, 2.24) is 9.80 Å². The average molecular weight is 448 g/mol. The van der Waals surface area contributed by atoms with Crippen LogP contribution in [0.4, 0.5) is 5.69 Å². The van der Waals surface area contributed by atoms with Crippen LogP contribution in [-0.4, -0.2) is 57.4 Å². The van der Waals surface area contributed by atoms with E-state index in [9.17, 15) is 13.2 Å². The van der Waals surface area contributed by atoms with Gasteiger partial charge in [0.2, 0.25) is 5.91 Å². The van der Waals surface area contributed by atoms with Crippen LogP contribution >= 0.6 is 11.6 Å². The standard InChI is InChI=1S/C22H26ClN3O3S/c1-25(2)18-6-5-15-26(16-18)22(27)14-11-17-9-12-19(13-10-17)30(28,29)24-21-8-4-3-7-20(21)23/h3-4,7-14,18,24H,5-6,15-16H2,1-2H3/b14-11+. The molecule has 0 saturated carbocycles. The maximum absolute atomic E-state index is 12.6. The lowest BCUT2D eigenvalue weighted by atomic mass is 10.0. The molecule has 1 aliphatic rings. The minimum atomic E-state index is -3.75. The van der Waals surface area contributed by atoms with Crippen LogP contribution in [-0.2, 0) is 14.8 Å². The number of sulfonamides is 1. The van der Waals surface area contributed by atoms with Crippen LogP contribution < -0.4 is 4.72 Å². The second kappa shape index (κ2) is 9.64. The van der Waals surface area contributed by atoms with E-state index in [1.165, 1.54) is 12.1 Å². The van der Waals surface area contributed by atoms with E-state index < -0.39 is 10.0 Å². The van der Waals surface area contributed by atoms with E-state index in [1.807, 2.05) is 19.0 Å². The van der Waals surface area contributed by atoms with Gasteiger partial charge in [-0.05, 0) is 62.8 Å². The fourth-order valence-corrected chi connectivity index (χ4v) is 4.67. The van der Waals surface area contributed by atoms with Crippen molar-refractivity contribution >= 4 is 39.3 Å². The Labute approximate surface area is 183 Å². The molecule has 0 radical (unpaired) electrons. The Balaban J connectivity index is 1.65. The first-order chi connectivity index (χ1) is 14.3. The lowest BCUT2D eigenvalue weighted by molar-refractivity contribution is -0.127. The third-order valence-corrected chi connectivity index (χ3v) is 6.88. The van der Waals surface area contributed by atoms with Crippen molar-refractivity contribution in [3.05, 3.63) is 65.2 Å². The number of para-hydroxylation sites is 1. The van der Waals surface area contributed by atoms with Gasteiger partial charge in [0, 0.05) is 25.2 Å². The SMILES string of the molecule is CN(C)C1CCCN(C(=O)/C=C/c2ccc(S(=O)(=O)Nc3ccccc3Cl)cc2)C1. The number of anilines is 1. The van der Waals surface area contributed by atoms with Gasteiger partial charge in [0.15, 0.2) is 0 Å². The number of halogens is 1. The fraction of sp³-hybridized carbons (Fsp3) is 0.318. The van der Waals surface area contributed by atoms with Crippen LogP contribution in [0.15, 0.2) is 59.5 Å². The van der Waals surface area contributed by atoms with Crippen molar-refractivity contribution in [1.29, 1.82) is 0 Å². The number of likely N-dealkylation sites (N-methyl/N-ethyl adjacent to an activating group) is 1. The zero-order valence-electron chi connectivity index (χ0n) is 17.1. The van der Waals surface area contributed by atoms with Crippen LogP contribution in [0, 0.1) is 0 Å². The summed E-state index contributed by atoms with van der Waals surface area (Å²) in [5.74, 6) is -0.0290. The number of nitrogens with one attached hydrogen (secondary N) is 1. The smallest absolute Gasteiger partial charge is 0.261 e. The first-order valence-corrected chi connectivity index (χ1v) is 11.6. The van der Waals surface area contributed by atoms with Gasteiger partial charge < -0.3 is 9.80 Å². The molecule has 8 heteroatoms. The monoisotopic (exact) mass is 447 g/mol. The van der Waals surface area contributed by atoms with Gasteiger partial charge in [-0.2, -0.15) is 0 Å². The summed E-state index contributed by atoms with van der Waals surface area (Å²) in [6.45, 7) is 1.49. The Morgan fingerprint density at radius 2 is 1.87 bits per heavy atom. The Kier molecular flexibility index (Phi) is 7.18. The molecule has 1 fully saturated rings. The van der Waals surface area contributed by atoms with E-state index in [1.54, 1.807) is 48.6 Å². The first kappa shape index (κ1) is 22.3. The van der Waals surface area contributed by atoms with Gasteiger partial charge in [-0.3, -0.25) is 9.52 Å². The summed E-state index contributed by atoms with van der Waals surface area (Å²) in [7, 11) is 0.311. The molecule has 2 aromatic rings. The van der Waals surface area contributed by atoms with Gasteiger partial charge in [-0.15, -0.1) is 0 Å². The third-order valence-electron chi connectivity index (χ3n) is 5.17. The average Bonchev–Trinajstić information content (AvgIpc) is 2.74. The number of carbonyl (C=O) groups excluding carboxylic acids is 1. The molecule has 1 atom stereocenters. The summed E-state index contributed by atoms with van der Waals surface area (Å²) in [4.78, 5) is 16.6. The molecule has 1 unspecified atom stereocenters. The van der Waals surface area contributed by atoms with Crippen LogP contribution in [0.2, 0.25) is 5.02 Å². The van der Waals surface area contributed by atoms with Gasteiger partial charge in [0.1, 0.15) is 0 Å². The molecule has 0 aromatic heterocycles. The summed E-state index contributed by atoms with van der Waals surface area (Å²) in [5, 5.41) is 0.327. The van der Waals surface area contributed by atoms with E-state index >= 15 is 0 Å². The Morgan fingerprint density at radius 3 is 2.53 bits per heavy atom. The van der Waals surface area contributed by atoms with Crippen molar-refractivity contribution in [2.75, 3.05) is 31.9 Å². The zero-order chi connectivity index (χ0) is 21.7. The van der Waals surface area contributed by atoms with Gasteiger partial charge in [-0.1, -0.05) is 35.9 Å². The predicted molar refractivity (Wildman–Crippen MR) is 121 cm³/mol. The molecule has 0 aliphatic carbocycles. The van der Waals surface area contributed by atoms with Crippen molar-refractivity contribution < 1.29 is 13.2 Å². The second-order valence-electron chi connectivity index (χ2n) is 7.53. The Bertz CT molecular complexity index is 1020. The lowest BCUT2D eigenvalue weighted by Crippen LogP contribution is -2.47. The van der Waals surface area contributed by atoms with Gasteiger partial charge >= 0.3 is 0 Å². The summed E-state index contributed by atoms with van der Waals surface area (Å²) in [5.41, 5.74) is 1.08. The molecule has 1 heterocycles. The molecule has 0 spiro atoms. The maximum Gasteiger partial charge on any atom is 0.261 e. The Morgan fingerprint density at radius 1 is 1.17 bits per heavy atom. The molecule has 6 nitrogen and oxygen atoms in total. The van der Waals surface area contributed by atoms with Gasteiger partial charge in [0.25, 0.3) is 10.0 Å². The van der Waals surface area contributed by atoms with Gasteiger partial charge in [-0.25, -0.2) is 8.42 Å². The van der Waals surface area contributed by atoms with Crippen LogP contribution in [0.3, 0.4) is 0 Å². The molecule has 0 bridgehead atoms. The van der Waals surface area contributed by atoms with Crippen molar-refractivity contribution in [3.63, 3.8) is 0 Å². The summed E-state index contributed by atoms with van der Waals surface area (Å²) >= 11 is 6.03.